The maximum Gasteiger partial charge on any atom is 0.416 e. The molecule has 0 aliphatic carbocycles. The van der Waals surface area contributed by atoms with Crippen molar-refractivity contribution in [3.63, 3.8) is 0 Å². The van der Waals surface area contributed by atoms with E-state index in [0.29, 0.717) is 0 Å². The molecule has 0 aliphatic heterocycles. The fourth-order valence-corrected chi connectivity index (χ4v) is 1.40. The Morgan fingerprint density at radius 2 is 2.05 bits per heavy atom. The first kappa shape index (κ1) is 15.2. The molecule has 1 rings (SSSR count). The van der Waals surface area contributed by atoms with E-state index in [1.165, 1.54) is 6.07 Å². The average molecular weight is 277 g/mol. The van der Waals surface area contributed by atoms with E-state index in [1.807, 2.05) is 5.32 Å². The number of carbonyl (C=O) groups is 1. The Balaban J connectivity index is 2.99. The molecule has 0 aliphatic rings. The second-order valence-corrected chi connectivity index (χ2v) is 3.74. The van der Waals surface area contributed by atoms with Gasteiger partial charge in [0.15, 0.2) is 5.83 Å². The van der Waals surface area contributed by atoms with Gasteiger partial charge in [-0.2, -0.15) is 13.2 Å². The zero-order valence-electron chi connectivity index (χ0n) is 9.67. The van der Waals surface area contributed by atoms with Crippen LogP contribution >= 0.6 is 0 Å². The zero-order valence-corrected chi connectivity index (χ0v) is 9.67. The molecule has 104 valence electrons. The van der Waals surface area contributed by atoms with Crippen molar-refractivity contribution in [3.8, 4) is 0 Å². The smallest absolute Gasteiger partial charge is 0.394 e. The van der Waals surface area contributed by atoms with Crippen molar-refractivity contribution in [1.82, 2.24) is 5.32 Å². The van der Waals surface area contributed by atoms with Gasteiger partial charge in [-0.15, -0.1) is 0 Å². The second-order valence-electron chi connectivity index (χ2n) is 3.74. The van der Waals surface area contributed by atoms with Crippen LogP contribution in [0.15, 0.2) is 36.7 Å². The van der Waals surface area contributed by atoms with Crippen LogP contribution in [0.25, 0.3) is 0 Å². The molecule has 1 aromatic rings. The van der Waals surface area contributed by atoms with Gasteiger partial charge in [-0.05, 0) is 17.7 Å². The monoisotopic (exact) mass is 277 g/mol. The number of halogens is 4. The lowest BCUT2D eigenvalue weighted by atomic mass is 10.0. The van der Waals surface area contributed by atoms with Crippen LogP contribution in [0.3, 0.4) is 0 Å². The molecule has 3 nitrogen and oxygen atoms in total. The van der Waals surface area contributed by atoms with Crippen molar-refractivity contribution in [2.45, 2.75) is 12.2 Å². The highest BCUT2D eigenvalue weighted by atomic mass is 19.4. The van der Waals surface area contributed by atoms with E-state index in [2.05, 4.69) is 6.58 Å². The third-order valence-corrected chi connectivity index (χ3v) is 2.35. The van der Waals surface area contributed by atoms with Gasteiger partial charge in [0.1, 0.15) is 0 Å². The number of aliphatic hydroxyl groups excluding tert-OH is 1. The summed E-state index contributed by atoms with van der Waals surface area (Å²) in [7, 11) is 0. The average Bonchev–Trinajstić information content (AvgIpc) is 2.34. The van der Waals surface area contributed by atoms with Gasteiger partial charge < -0.3 is 10.4 Å². The molecule has 0 spiro atoms. The predicted molar refractivity (Wildman–Crippen MR) is 59.7 cm³/mol. The summed E-state index contributed by atoms with van der Waals surface area (Å²) in [6.07, 6.45) is -4.54. The number of carbonyl (C=O) groups excluding carboxylic acids is 1. The lowest BCUT2D eigenvalue weighted by Crippen LogP contribution is -2.31. The highest BCUT2D eigenvalue weighted by molar-refractivity contribution is 5.90. The van der Waals surface area contributed by atoms with E-state index in [-0.39, 0.29) is 5.56 Å². The summed E-state index contributed by atoms with van der Waals surface area (Å²) < 4.78 is 50.0. The Kier molecular flexibility index (Phi) is 4.66. The van der Waals surface area contributed by atoms with Gasteiger partial charge >= 0.3 is 6.18 Å². The van der Waals surface area contributed by atoms with Crippen molar-refractivity contribution in [3.05, 3.63) is 47.8 Å². The van der Waals surface area contributed by atoms with Gasteiger partial charge in [0.25, 0.3) is 5.91 Å². The lowest BCUT2D eigenvalue weighted by Gasteiger charge is -2.17. The first-order chi connectivity index (χ1) is 8.75. The fraction of sp³-hybridized carbons (Fsp3) is 0.250. The topological polar surface area (TPSA) is 49.3 Å². The summed E-state index contributed by atoms with van der Waals surface area (Å²) in [4.78, 5) is 11.0. The maximum atomic E-state index is 12.5. The molecule has 7 heteroatoms. The van der Waals surface area contributed by atoms with Gasteiger partial charge in [-0.25, -0.2) is 4.39 Å². The minimum absolute atomic E-state index is 0.0203. The maximum absolute atomic E-state index is 12.5. The van der Waals surface area contributed by atoms with Gasteiger partial charge in [-0.3, -0.25) is 4.79 Å². The van der Waals surface area contributed by atoms with Gasteiger partial charge in [-0.1, -0.05) is 18.7 Å². The number of nitrogens with one attached hydrogen (secondary N) is 1. The highest BCUT2D eigenvalue weighted by Gasteiger charge is 2.31. The number of alkyl halides is 3. The second kappa shape index (κ2) is 5.83. The molecule has 0 heterocycles. The predicted octanol–water partition coefficient (Wildman–Crippen LogP) is 2.34. The van der Waals surface area contributed by atoms with Gasteiger partial charge in [0.05, 0.1) is 18.2 Å². The molecular formula is C12H11F4NO2. The largest absolute Gasteiger partial charge is 0.416 e. The van der Waals surface area contributed by atoms with E-state index < -0.39 is 36.1 Å². The van der Waals surface area contributed by atoms with Gasteiger partial charge in [0, 0.05) is 0 Å². The van der Waals surface area contributed by atoms with Crippen molar-refractivity contribution in [2.24, 2.45) is 0 Å². The first-order valence-corrected chi connectivity index (χ1v) is 5.19. The Bertz CT molecular complexity index is 485. The molecule has 1 amide bonds. The summed E-state index contributed by atoms with van der Waals surface area (Å²) >= 11 is 0. The molecule has 0 bridgehead atoms. The standard InChI is InChI=1S/C12H11F4NO2/c1-7(13)11(19)17-10(6-18)8-3-2-4-9(5-8)12(14,15)16/h2-5,10,18H,1,6H2,(H,17,19). The number of hydrogen-bond donors (Lipinski definition) is 2. The number of hydrogen-bond acceptors (Lipinski definition) is 2. The molecule has 0 saturated carbocycles. The molecule has 0 saturated heterocycles. The lowest BCUT2D eigenvalue weighted by molar-refractivity contribution is -0.137. The quantitative estimate of drug-likeness (QED) is 0.655. The Labute approximate surface area is 106 Å². The van der Waals surface area contributed by atoms with Crippen LogP contribution in [-0.2, 0) is 11.0 Å². The van der Waals surface area contributed by atoms with Crippen LogP contribution in [0, 0.1) is 0 Å². The van der Waals surface area contributed by atoms with E-state index in [4.69, 9.17) is 5.11 Å². The molecule has 0 radical (unpaired) electrons. The Morgan fingerprint density at radius 1 is 1.42 bits per heavy atom. The van der Waals surface area contributed by atoms with Crippen LogP contribution in [0.1, 0.15) is 17.2 Å². The van der Waals surface area contributed by atoms with Crippen molar-refractivity contribution in [1.29, 1.82) is 0 Å². The van der Waals surface area contributed by atoms with Crippen LogP contribution in [-0.4, -0.2) is 17.6 Å². The van der Waals surface area contributed by atoms with E-state index in [9.17, 15) is 22.4 Å². The third-order valence-electron chi connectivity index (χ3n) is 2.35. The van der Waals surface area contributed by atoms with E-state index >= 15 is 0 Å². The number of rotatable bonds is 4. The third kappa shape index (κ3) is 4.06. The fourth-order valence-electron chi connectivity index (χ4n) is 1.40. The summed E-state index contributed by atoms with van der Waals surface area (Å²) in [5.41, 5.74) is -0.899. The summed E-state index contributed by atoms with van der Waals surface area (Å²) in [5.74, 6) is -2.47. The molecular weight excluding hydrogens is 266 g/mol. The zero-order chi connectivity index (χ0) is 14.6. The van der Waals surface area contributed by atoms with E-state index in [1.54, 1.807) is 0 Å². The van der Waals surface area contributed by atoms with Gasteiger partial charge in [0.2, 0.25) is 0 Å². The van der Waals surface area contributed by atoms with Crippen molar-refractivity contribution >= 4 is 5.91 Å². The first-order valence-electron chi connectivity index (χ1n) is 5.19. The number of amides is 1. The molecule has 0 aromatic heterocycles. The summed E-state index contributed by atoms with van der Waals surface area (Å²) in [5, 5.41) is 11.1. The van der Waals surface area contributed by atoms with Crippen molar-refractivity contribution in [2.75, 3.05) is 6.61 Å². The van der Waals surface area contributed by atoms with E-state index in [0.717, 1.165) is 18.2 Å². The summed E-state index contributed by atoms with van der Waals surface area (Å²) in [6, 6.07) is 2.92. The molecule has 1 atom stereocenters. The highest BCUT2D eigenvalue weighted by Crippen LogP contribution is 2.30. The minimum Gasteiger partial charge on any atom is -0.394 e. The summed E-state index contributed by atoms with van der Waals surface area (Å²) in [6.45, 7) is 2.09. The molecule has 1 unspecified atom stereocenters. The van der Waals surface area contributed by atoms with Crippen LogP contribution in [0.5, 0.6) is 0 Å². The minimum atomic E-state index is -4.54. The molecule has 1 aromatic carbocycles. The van der Waals surface area contributed by atoms with Crippen LogP contribution in [0.2, 0.25) is 0 Å². The normalized spacial score (nSPS) is 12.9. The SMILES string of the molecule is C=C(F)C(=O)NC(CO)c1cccc(C(F)(F)F)c1. The Morgan fingerprint density at radius 3 is 2.53 bits per heavy atom. The molecule has 2 N–H and O–H groups in total. The Hall–Kier alpha value is -1.89. The van der Waals surface area contributed by atoms with Crippen LogP contribution < -0.4 is 5.32 Å². The molecule has 0 fully saturated rings. The van der Waals surface area contributed by atoms with Crippen LogP contribution in [0.4, 0.5) is 17.6 Å². The molecule has 19 heavy (non-hydrogen) atoms. The van der Waals surface area contributed by atoms with Crippen molar-refractivity contribution < 1.29 is 27.5 Å². The number of aliphatic hydroxyl groups is 1. The number of benzene rings is 1.